The van der Waals surface area contributed by atoms with Gasteiger partial charge < -0.3 is 10.4 Å². The van der Waals surface area contributed by atoms with E-state index in [-0.39, 0.29) is 18.0 Å². The molecule has 4 nitrogen and oxygen atoms in total. The quantitative estimate of drug-likeness (QED) is 0.830. The Kier molecular flexibility index (Phi) is 3.49. The molecule has 0 radical (unpaired) electrons. The monoisotopic (exact) mass is 310 g/mol. The molecule has 4 bridgehead atoms. The van der Waals surface area contributed by atoms with E-state index < -0.39 is 11.8 Å². The second kappa shape index (κ2) is 5.17. The number of hydrogen-bond acceptors (Lipinski definition) is 3. The molecule has 5 heteroatoms. The largest absolute Gasteiger partial charge is 0.388 e. The summed E-state index contributed by atoms with van der Waals surface area (Å²) in [5.41, 5.74) is -0.697. The van der Waals surface area contributed by atoms with Gasteiger partial charge in [0.05, 0.1) is 17.7 Å². The van der Waals surface area contributed by atoms with Gasteiger partial charge in [-0.15, -0.1) is 0 Å². The maximum atomic E-state index is 13.3. The van der Waals surface area contributed by atoms with E-state index in [9.17, 15) is 14.3 Å². The molecule has 3 unspecified atom stereocenters. The Hall–Kier alpha value is -0.680. The molecule has 5 rings (SSSR count). The van der Waals surface area contributed by atoms with Crippen LogP contribution in [-0.2, 0) is 4.79 Å². The highest BCUT2D eigenvalue weighted by Gasteiger charge is 2.57. The molecule has 0 aromatic heterocycles. The first-order chi connectivity index (χ1) is 10.4. The summed E-state index contributed by atoms with van der Waals surface area (Å²) >= 11 is 0. The molecule has 1 aliphatic heterocycles. The summed E-state index contributed by atoms with van der Waals surface area (Å²) in [6.45, 7) is 2.86. The molecular formula is C17H27FN2O2. The van der Waals surface area contributed by atoms with E-state index in [2.05, 4.69) is 5.32 Å². The van der Waals surface area contributed by atoms with E-state index in [4.69, 9.17) is 0 Å². The van der Waals surface area contributed by atoms with E-state index in [0.717, 1.165) is 25.7 Å². The average molecular weight is 310 g/mol. The zero-order valence-corrected chi connectivity index (χ0v) is 13.3. The van der Waals surface area contributed by atoms with Crippen LogP contribution >= 0.6 is 0 Å². The van der Waals surface area contributed by atoms with Crippen LogP contribution in [0, 0.1) is 17.8 Å². The number of aliphatic hydroxyl groups is 1. The number of hydrogen-bond donors (Lipinski definition) is 2. The average Bonchev–Trinajstić information content (AvgIpc) is 2.87. The number of halogens is 1. The lowest BCUT2D eigenvalue weighted by Gasteiger charge is -2.59. The summed E-state index contributed by atoms with van der Waals surface area (Å²) in [7, 11) is 0. The van der Waals surface area contributed by atoms with E-state index in [1.54, 1.807) is 0 Å². The maximum absolute atomic E-state index is 13.3. The standard InChI is InChI=1S/C17H27FN2O2/c1-10(20-3-2-14(18)9-20)16(21)19-15-13-5-11-4-12(6-13)8-17(15,22)7-11/h10-15,22H,2-9H2,1H3,(H,19,21)/t10-,11?,12?,13?,14-,15?,17?/m1/s1. The highest BCUT2D eigenvalue weighted by Crippen LogP contribution is 2.55. The topological polar surface area (TPSA) is 52.6 Å². The minimum Gasteiger partial charge on any atom is -0.388 e. The van der Waals surface area contributed by atoms with Crippen LogP contribution in [0.25, 0.3) is 0 Å². The van der Waals surface area contributed by atoms with Crippen LogP contribution in [0.3, 0.4) is 0 Å². The van der Waals surface area contributed by atoms with Crippen LogP contribution in [0.4, 0.5) is 4.39 Å². The molecule has 124 valence electrons. The lowest BCUT2D eigenvalue weighted by Crippen LogP contribution is -2.67. The number of carbonyl (C=O) groups excluding carboxylic acids is 1. The van der Waals surface area contributed by atoms with Crippen molar-refractivity contribution >= 4 is 5.91 Å². The zero-order chi connectivity index (χ0) is 15.5. The molecule has 1 amide bonds. The van der Waals surface area contributed by atoms with E-state index >= 15 is 0 Å². The third kappa shape index (κ3) is 2.37. The maximum Gasteiger partial charge on any atom is 0.237 e. The molecule has 4 aliphatic carbocycles. The Balaban J connectivity index is 1.43. The molecule has 1 saturated heterocycles. The van der Waals surface area contributed by atoms with Gasteiger partial charge in [0.1, 0.15) is 6.17 Å². The lowest BCUT2D eigenvalue weighted by atomic mass is 9.52. The van der Waals surface area contributed by atoms with Gasteiger partial charge in [-0.3, -0.25) is 9.69 Å². The van der Waals surface area contributed by atoms with Gasteiger partial charge in [-0.2, -0.15) is 0 Å². The van der Waals surface area contributed by atoms with Crippen molar-refractivity contribution in [3.63, 3.8) is 0 Å². The molecular weight excluding hydrogens is 283 g/mol. The molecule has 0 aromatic rings. The molecule has 4 saturated carbocycles. The molecule has 0 spiro atoms. The molecule has 1 heterocycles. The van der Waals surface area contributed by atoms with Gasteiger partial charge in [0.15, 0.2) is 0 Å². The number of alkyl halides is 1. The molecule has 5 atom stereocenters. The predicted molar refractivity (Wildman–Crippen MR) is 81.0 cm³/mol. The number of carbonyl (C=O) groups is 1. The van der Waals surface area contributed by atoms with Crippen LogP contribution in [-0.4, -0.2) is 52.9 Å². The van der Waals surface area contributed by atoms with Gasteiger partial charge in [0.2, 0.25) is 5.91 Å². The Morgan fingerprint density at radius 3 is 2.55 bits per heavy atom. The van der Waals surface area contributed by atoms with Crippen molar-refractivity contribution in [1.29, 1.82) is 0 Å². The number of nitrogens with zero attached hydrogens (tertiary/aromatic N) is 1. The fourth-order valence-corrected chi connectivity index (χ4v) is 5.78. The number of amides is 1. The second-order valence-electron chi connectivity index (χ2n) is 8.25. The third-order valence-electron chi connectivity index (χ3n) is 6.66. The van der Waals surface area contributed by atoms with Crippen LogP contribution in [0.1, 0.15) is 45.4 Å². The van der Waals surface area contributed by atoms with Crippen molar-refractivity contribution in [1.82, 2.24) is 10.2 Å². The van der Waals surface area contributed by atoms with Crippen LogP contribution in [0.15, 0.2) is 0 Å². The normalized spacial score (nSPS) is 48.6. The summed E-state index contributed by atoms with van der Waals surface area (Å²) in [5, 5.41) is 14.2. The van der Waals surface area contributed by atoms with E-state index in [1.165, 1.54) is 6.42 Å². The first kappa shape index (κ1) is 14.9. The first-order valence-electron chi connectivity index (χ1n) is 8.85. The van der Waals surface area contributed by atoms with Crippen LogP contribution in [0.2, 0.25) is 0 Å². The number of likely N-dealkylation sites (tertiary alicyclic amines) is 1. The van der Waals surface area contributed by atoms with Crippen molar-refractivity contribution in [3.8, 4) is 0 Å². The van der Waals surface area contributed by atoms with Crippen molar-refractivity contribution in [2.45, 2.75) is 69.3 Å². The van der Waals surface area contributed by atoms with Crippen molar-refractivity contribution in [3.05, 3.63) is 0 Å². The summed E-state index contributed by atoms with van der Waals surface area (Å²) in [6, 6.07) is -0.402. The Bertz CT molecular complexity index is 458. The summed E-state index contributed by atoms with van der Waals surface area (Å²) in [6.07, 6.45) is 4.97. The summed E-state index contributed by atoms with van der Waals surface area (Å²) in [4.78, 5) is 14.5. The SMILES string of the molecule is C[C@H](C(=O)NC1C2CC3CC(C2)CC1(O)C3)N1CC[C@@H](F)C1. The summed E-state index contributed by atoms with van der Waals surface area (Å²) in [5.74, 6) is 1.69. The van der Waals surface area contributed by atoms with Gasteiger partial charge in [-0.25, -0.2) is 4.39 Å². The molecule has 5 fully saturated rings. The molecule has 0 aromatic carbocycles. The minimum absolute atomic E-state index is 0.0417. The number of rotatable bonds is 3. The Labute approximate surface area is 131 Å². The Morgan fingerprint density at radius 2 is 2.00 bits per heavy atom. The highest BCUT2D eigenvalue weighted by atomic mass is 19.1. The Morgan fingerprint density at radius 1 is 1.32 bits per heavy atom. The minimum atomic E-state index is -0.805. The number of nitrogens with one attached hydrogen (secondary N) is 1. The molecule has 2 N–H and O–H groups in total. The van der Waals surface area contributed by atoms with Crippen molar-refractivity contribution in [2.75, 3.05) is 13.1 Å². The van der Waals surface area contributed by atoms with E-state index in [0.29, 0.717) is 37.3 Å². The van der Waals surface area contributed by atoms with Crippen LogP contribution in [0.5, 0.6) is 0 Å². The van der Waals surface area contributed by atoms with Gasteiger partial charge in [-0.05, 0) is 63.2 Å². The fraction of sp³-hybridized carbons (Fsp3) is 0.941. The third-order valence-corrected chi connectivity index (χ3v) is 6.66. The fourth-order valence-electron chi connectivity index (χ4n) is 5.78. The lowest BCUT2D eigenvalue weighted by molar-refractivity contribution is -0.159. The zero-order valence-electron chi connectivity index (χ0n) is 13.3. The second-order valence-corrected chi connectivity index (χ2v) is 8.25. The smallest absolute Gasteiger partial charge is 0.237 e. The first-order valence-corrected chi connectivity index (χ1v) is 8.85. The summed E-state index contributed by atoms with van der Waals surface area (Å²) < 4.78 is 13.3. The predicted octanol–water partition coefficient (Wildman–Crippen LogP) is 1.47. The van der Waals surface area contributed by atoms with Gasteiger partial charge in [0.25, 0.3) is 0 Å². The highest BCUT2D eigenvalue weighted by molar-refractivity contribution is 5.81. The van der Waals surface area contributed by atoms with Crippen molar-refractivity contribution in [2.24, 2.45) is 17.8 Å². The van der Waals surface area contributed by atoms with Gasteiger partial charge in [-0.1, -0.05) is 0 Å². The van der Waals surface area contributed by atoms with Crippen LogP contribution < -0.4 is 5.32 Å². The molecule has 5 aliphatic rings. The van der Waals surface area contributed by atoms with Gasteiger partial charge in [0, 0.05) is 13.1 Å². The van der Waals surface area contributed by atoms with Crippen molar-refractivity contribution < 1.29 is 14.3 Å². The molecule has 22 heavy (non-hydrogen) atoms. The van der Waals surface area contributed by atoms with E-state index in [1.807, 2.05) is 11.8 Å². The van der Waals surface area contributed by atoms with Gasteiger partial charge >= 0.3 is 0 Å².